The third kappa shape index (κ3) is 2.47. The van der Waals surface area contributed by atoms with Crippen LogP contribution in [-0.4, -0.2) is 11.9 Å². The molecule has 1 fully saturated rings. The molecular formula is C14H16N2O. The molecule has 1 amide bonds. The predicted octanol–water partition coefficient (Wildman–Crippen LogP) is 2.34. The van der Waals surface area contributed by atoms with E-state index in [9.17, 15) is 4.79 Å². The van der Waals surface area contributed by atoms with E-state index in [-0.39, 0.29) is 11.9 Å². The van der Waals surface area contributed by atoms with Gasteiger partial charge >= 0.3 is 0 Å². The second-order valence-corrected chi connectivity index (χ2v) is 4.68. The molecule has 0 radical (unpaired) electrons. The standard InChI is InChI=1S/C14H16N2O/c1-9-4-3-5-10(2)13(9)14(17)16-12(8-15)11-6-7-11/h3-5,11-12H,6-7H2,1-2H3,(H,16,17). The molecule has 1 aliphatic carbocycles. The lowest BCUT2D eigenvalue weighted by Gasteiger charge is -2.13. The van der Waals surface area contributed by atoms with Crippen LogP contribution in [0.5, 0.6) is 0 Å². The Labute approximate surface area is 101 Å². The number of carbonyl (C=O) groups is 1. The summed E-state index contributed by atoms with van der Waals surface area (Å²) in [6.45, 7) is 3.83. The molecule has 0 saturated heterocycles. The van der Waals surface area contributed by atoms with Crippen molar-refractivity contribution in [1.29, 1.82) is 5.26 Å². The van der Waals surface area contributed by atoms with E-state index < -0.39 is 0 Å². The highest BCUT2D eigenvalue weighted by atomic mass is 16.1. The summed E-state index contributed by atoms with van der Waals surface area (Å²) < 4.78 is 0. The first-order chi connectivity index (χ1) is 8.13. The van der Waals surface area contributed by atoms with Gasteiger partial charge in [0.15, 0.2) is 0 Å². The van der Waals surface area contributed by atoms with Crippen molar-refractivity contribution >= 4 is 5.91 Å². The van der Waals surface area contributed by atoms with Crippen LogP contribution in [0, 0.1) is 31.1 Å². The maximum atomic E-state index is 12.1. The average Bonchev–Trinajstić information content (AvgIpc) is 3.09. The van der Waals surface area contributed by atoms with Crippen LogP contribution < -0.4 is 5.32 Å². The molecule has 0 heterocycles. The fourth-order valence-corrected chi connectivity index (χ4v) is 2.07. The second-order valence-electron chi connectivity index (χ2n) is 4.68. The van der Waals surface area contributed by atoms with Crippen molar-refractivity contribution in [2.75, 3.05) is 0 Å². The van der Waals surface area contributed by atoms with Gasteiger partial charge in [-0.05, 0) is 43.7 Å². The first-order valence-electron chi connectivity index (χ1n) is 5.90. The van der Waals surface area contributed by atoms with E-state index in [4.69, 9.17) is 5.26 Å². The highest BCUT2D eigenvalue weighted by Gasteiger charge is 2.32. The number of rotatable bonds is 3. The zero-order valence-electron chi connectivity index (χ0n) is 10.2. The van der Waals surface area contributed by atoms with Crippen molar-refractivity contribution in [3.05, 3.63) is 34.9 Å². The Hall–Kier alpha value is -1.82. The number of nitrogens with one attached hydrogen (secondary N) is 1. The topological polar surface area (TPSA) is 52.9 Å². The molecule has 0 spiro atoms. The summed E-state index contributed by atoms with van der Waals surface area (Å²) in [6, 6.07) is 7.61. The Bertz CT molecular complexity index is 463. The number of hydrogen-bond donors (Lipinski definition) is 1. The van der Waals surface area contributed by atoms with Gasteiger partial charge in [-0.25, -0.2) is 0 Å². The van der Waals surface area contributed by atoms with E-state index in [2.05, 4.69) is 11.4 Å². The zero-order chi connectivity index (χ0) is 12.4. The SMILES string of the molecule is Cc1cccc(C)c1C(=O)NC(C#N)C1CC1. The number of hydrogen-bond acceptors (Lipinski definition) is 2. The Morgan fingerprint density at radius 2 is 2.00 bits per heavy atom. The second kappa shape index (κ2) is 4.58. The quantitative estimate of drug-likeness (QED) is 0.863. The van der Waals surface area contributed by atoms with Gasteiger partial charge in [0, 0.05) is 5.56 Å². The Kier molecular flexibility index (Phi) is 3.14. The average molecular weight is 228 g/mol. The number of carbonyl (C=O) groups excluding carboxylic acids is 1. The Morgan fingerprint density at radius 3 is 2.47 bits per heavy atom. The predicted molar refractivity (Wildman–Crippen MR) is 65.5 cm³/mol. The van der Waals surface area contributed by atoms with Gasteiger partial charge in [-0.1, -0.05) is 18.2 Å². The van der Waals surface area contributed by atoms with Gasteiger partial charge in [0.05, 0.1) is 6.07 Å². The molecule has 17 heavy (non-hydrogen) atoms. The smallest absolute Gasteiger partial charge is 0.252 e. The summed E-state index contributed by atoms with van der Waals surface area (Å²) in [5.41, 5.74) is 2.61. The molecule has 0 aliphatic heterocycles. The summed E-state index contributed by atoms with van der Waals surface area (Å²) >= 11 is 0. The molecule has 0 bridgehead atoms. The summed E-state index contributed by atoms with van der Waals surface area (Å²) in [6.07, 6.45) is 2.09. The summed E-state index contributed by atoms with van der Waals surface area (Å²) in [5.74, 6) is 0.229. The van der Waals surface area contributed by atoms with E-state index in [0.29, 0.717) is 11.5 Å². The molecule has 0 aromatic heterocycles. The molecule has 88 valence electrons. The number of aryl methyl sites for hydroxylation is 2. The van der Waals surface area contributed by atoms with Gasteiger partial charge < -0.3 is 5.32 Å². The van der Waals surface area contributed by atoms with Crippen LogP contribution in [0.4, 0.5) is 0 Å². The maximum absolute atomic E-state index is 12.1. The van der Waals surface area contributed by atoms with Crippen molar-refractivity contribution < 1.29 is 4.79 Å². The molecular weight excluding hydrogens is 212 g/mol. The number of nitriles is 1. The van der Waals surface area contributed by atoms with Crippen molar-refractivity contribution in [3.8, 4) is 6.07 Å². The minimum Gasteiger partial charge on any atom is -0.336 e. The normalized spacial score (nSPS) is 16.1. The lowest BCUT2D eigenvalue weighted by atomic mass is 10.0. The van der Waals surface area contributed by atoms with Crippen LogP contribution >= 0.6 is 0 Å². The number of amides is 1. The Balaban J connectivity index is 2.17. The third-order valence-electron chi connectivity index (χ3n) is 3.23. The number of benzene rings is 1. The molecule has 1 aromatic carbocycles. The van der Waals surface area contributed by atoms with Crippen LogP contribution in [0.15, 0.2) is 18.2 Å². The van der Waals surface area contributed by atoms with Crippen LogP contribution in [0.2, 0.25) is 0 Å². The van der Waals surface area contributed by atoms with Crippen LogP contribution in [0.1, 0.15) is 34.3 Å². The molecule has 1 N–H and O–H groups in total. The van der Waals surface area contributed by atoms with Crippen molar-refractivity contribution in [3.63, 3.8) is 0 Å². The van der Waals surface area contributed by atoms with E-state index in [0.717, 1.165) is 24.0 Å². The highest BCUT2D eigenvalue weighted by molar-refractivity contribution is 5.97. The van der Waals surface area contributed by atoms with Crippen LogP contribution in [0.3, 0.4) is 0 Å². The summed E-state index contributed by atoms with van der Waals surface area (Å²) in [7, 11) is 0. The largest absolute Gasteiger partial charge is 0.336 e. The fourth-order valence-electron chi connectivity index (χ4n) is 2.07. The van der Waals surface area contributed by atoms with Crippen LogP contribution in [0.25, 0.3) is 0 Å². The first kappa shape index (κ1) is 11.7. The molecule has 1 atom stereocenters. The lowest BCUT2D eigenvalue weighted by molar-refractivity contribution is 0.0940. The number of nitrogens with zero attached hydrogens (tertiary/aromatic N) is 1. The Morgan fingerprint density at radius 1 is 1.41 bits per heavy atom. The van der Waals surface area contributed by atoms with Gasteiger partial charge in [-0.2, -0.15) is 5.26 Å². The van der Waals surface area contributed by atoms with Crippen molar-refractivity contribution in [2.45, 2.75) is 32.7 Å². The molecule has 1 unspecified atom stereocenters. The minimum atomic E-state index is -0.332. The fraction of sp³-hybridized carbons (Fsp3) is 0.429. The van der Waals surface area contributed by atoms with Crippen LogP contribution in [-0.2, 0) is 0 Å². The minimum absolute atomic E-state index is 0.126. The molecule has 3 nitrogen and oxygen atoms in total. The molecule has 2 rings (SSSR count). The lowest BCUT2D eigenvalue weighted by Crippen LogP contribution is -2.36. The zero-order valence-corrected chi connectivity index (χ0v) is 10.2. The summed E-state index contributed by atoms with van der Waals surface area (Å²) in [5, 5.41) is 11.8. The van der Waals surface area contributed by atoms with Gasteiger partial charge in [-0.3, -0.25) is 4.79 Å². The molecule has 1 aliphatic rings. The third-order valence-corrected chi connectivity index (χ3v) is 3.23. The molecule has 1 saturated carbocycles. The van der Waals surface area contributed by atoms with Crippen molar-refractivity contribution in [1.82, 2.24) is 5.32 Å². The van der Waals surface area contributed by atoms with Gasteiger partial charge in [0.25, 0.3) is 5.91 Å². The monoisotopic (exact) mass is 228 g/mol. The first-order valence-corrected chi connectivity index (χ1v) is 5.90. The van der Waals surface area contributed by atoms with E-state index in [1.54, 1.807) is 0 Å². The van der Waals surface area contributed by atoms with E-state index >= 15 is 0 Å². The molecule has 3 heteroatoms. The van der Waals surface area contributed by atoms with Gasteiger partial charge in [0.2, 0.25) is 0 Å². The van der Waals surface area contributed by atoms with Gasteiger partial charge in [-0.15, -0.1) is 0 Å². The molecule has 1 aromatic rings. The van der Waals surface area contributed by atoms with E-state index in [1.807, 2.05) is 32.0 Å². The maximum Gasteiger partial charge on any atom is 0.252 e. The highest BCUT2D eigenvalue weighted by Crippen LogP contribution is 2.32. The van der Waals surface area contributed by atoms with Gasteiger partial charge in [0.1, 0.15) is 6.04 Å². The van der Waals surface area contributed by atoms with Crippen molar-refractivity contribution in [2.24, 2.45) is 5.92 Å². The van der Waals surface area contributed by atoms with E-state index in [1.165, 1.54) is 0 Å². The summed E-state index contributed by atoms with van der Waals surface area (Å²) in [4.78, 5) is 12.1.